The quantitative estimate of drug-likeness (QED) is 0.471. The lowest BCUT2D eigenvalue weighted by Crippen LogP contribution is -2.20. The predicted molar refractivity (Wildman–Crippen MR) is 53.2 cm³/mol. The minimum Gasteiger partial charge on any atom is -0.211 e. The molecule has 0 aromatic rings. The van der Waals surface area contributed by atoms with Gasteiger partial charge in [-0.25, -0.2) is 4.79 Å². The highest BCUT2D eigenvalue weighted by atomic mass is 16.1. The van der Waals surface area contributed by atoms with Gasteiger partial charge in [0.15, 0.2) is 0 Å². The van der Waals surface area contributed by atoms with Gasteiger partial charge < -0.3 is 0 Å². The van der Waals surface area contributed by atoms with E-state index in [9.17, 15) is 4.79 Å². The molecule has 2 nitrogen and oxygen atoms in total. The van der Waals surface area contributed by atoms with E-state index < -0.39 is 5.54 Å². The second-order valence-electron chi connectivity index (χ2n) is 4.00. The number of isocyanates is 1. The zero-order chi connectivity index (χ0) is 9.90. The maximum atomic E-state index is 10.2. The summed E-state index contributed by atoms with van der Waals surface area (Å²) >= 11 is 0. The first-order valence-corrected chi connectivity index (χ1v) is 4.54. The molecule has 0 bridgehead atoms. The van der Waals surface area contributed by atoms with Gasteiger partial charge in [0.05, 0.1) is 5.54 Å². The lowest BCUT2D eigenvalue weighted by molar-refractivity contribution is 0.543. The minimum absolute atomic E-state index is 0.424. The van der Waals surface area contributed by atoms with Gasteiger partial charge in [0.25, 0.3) is 0 Å². The second kappa shape index (κ2) is 3.71. The molecule has 0 amide bonds. The van der Waals surface area contributed by atoms with Crippen LogP contribution in [0.4, 0.5) is 0 Å². The smallest absolute Gasteiger partial charge is 0.211 e. The summed E-state index contributed by atoms with van der Waals surface area (Å²) < 4.78 is 0. The number of nitrogens with zero attached hydrogens (tertiary/aromatic N) is 1. The molecule has 0 saturated carbocycles. The third-order valence-corrected chi connectivity index (χ3v) is 2.30. The van der Waals surface area contributed by atoms with Crippen molar-refractivity contribution >= 4 is 6.08 Å². The molecule has 13 heavy (non-hydrogen) atoms. The van der Waals surface area contributed by atoms with Crippen molar-refractivity contribution in [1.82, 2.24) is 0 Å². The van der Waals surface area contributed by atoms with Crippen molar-refractivity contribution in [2.75, 3.05) is 0 Å². The summed E-state index contributed by atoms with van der Waals surface area (Å²) in [7, 11) is 0. The topological polar surface area (TPSA) is 29.4 Å². The van der Waals surface area contributed by atoms with Gasteiger partial charge in [0.1, 0.15) is 0 Å². The van der Waals surface area contributed by atoms with E-state index in [-0.39, 0.29) is 0 Å². The van der Waals surface area contributed by atoms with E-state index in [2.05, 4.69) is 24.1 Å². The summed E-state index contributed by atoms with van der Waals surface area (Å²) in [5.41, 5.74) is 0.682. The van der Waals surface area contributed by atoms with Crippen LogP contribution in [0.3, 0.4) is 0 Å². The Labute approximate surface area is 79.1 Å². The molecule has 0 N–H and O–H groups in total. The third kappa shape index (κ3) is 2.40. The number of aliphatic imine (C=N–C) groups is 1. The standard InChI is InChI=1S/C11H15NO/c1-9-5-4-6-10(7-9)11(2,3)12-8-13/h4,6-7,9H,5H2,1-3H3. The normalized spacial score (nSPS) is 22.1. The Kier molecular flexibility index (Phi) is 2.84. The van der Waals surface area contributed by atoms with Crippen molar-refractivity contribution in [2.24, 2.45) is 10.9 Å². The van der Waals surface area contributed by atoms with Crippen LogP contribution >= 0.6 is 0 Å². The Balaban J connectivity index is 2.93. The Morgan fingerprint density at radius 2 is 2.31 bits per heavy atom. The fourth-order valence-electron chi connectivity index (χ4n) is 1.43. The van der Waals surface area contributed by atoms with Crippen molar-refractivity contribution in [3.63, 3.8) is 0 Å². The molecule has 0 aromatic heterocycles. The summed E-state index contributed by atoms with van der Waals surface area (Å²) in [6.07, 6.45) is 9.03. The van der Waals surface area contributed by atoms with E-state index in [1.54, 1.807) is 6.08 Å². The summed E-state index contributed by atoms with van der Waals surface area (Å²) in [4.78, 5) is 14.0. The molecule has 0 aromatic carbocycles. The second-order valence-corrected chi connectivity index (χ2v) is 4.00. The van der Waals surface area contributed by atoms with Gasteiger partial charge in [-0.05, 0) is 31.8 Å². The van der Waals surface area contributed by atoms with Crippen LogP contribution < -0.4 is 0 Å². The first-order chi connectivity index (χ1) is 6.06. The fourth-order valence-corrected chi connectivity index (χ4v) is 1.43. The van der Waals surface area contributed by atoms with Gasteiger partial charge in [-0.1, -0.05) is 25.2 Å². The van der Waals surface area contributed by atoms with Gasteiger partial charge >= 0.3 is 0 Å². The van der Waals surface area contributed by atoms with Crippen molar-refractivity contribution in [2.45, 2.75) is 32.7 Å². The van der Waals surface area contributed by atoms with Gasteiger partial charge in [-0.15, -0.1) is 0 Å². The van der Waals surface area contributed by atoms with Gasteiger partial charge in [0.2, 0.25) is 6.08 Å². The van der Waals surface area contributed by atoms with Crippen LogP contribution in [0.25, 0.3) is 0 Å². The van der Waals surface area contributed by atoms with Crippen molar-refractivity contribution in [1.29, 1.82) is 0 Å². The van der Waals surface area contributed by atoms with Gasteiger partial charge in [0, 0.05) is 0 Å². The molecule has 1 unspecified atom stereocenters. The first kappa shape index (κ1) is 9.94. The van der Waals surface area contributed by atoms with Crippen LogP contribution in [0.1, 0.15) is 27.2 Å². The monoisotopic (exact) mass is 177 g/mol. The van der Waals surface area contributed by atoms with Crippen LogP contribution in [0.15, 0.2) is 28.8 Å². The number of hydrogen-bond acceptors (Lipinski definition) is 2. The predicted octanol–water partition coefficient (Wildman–Crippen LogP) is 2.62. The Morgan fingerprint density at radius 3 is 2.85 bits per heavy atom. The van der Waals surface area contributed by atoms with Crippen LogP contribution in [-0.4, -0.2) is 11.6 Å². The molecular formula is C11H15NO. The maximum absolute atomic E-state index is 10.2. The molecule has 1 atom stereocenters. The Bertz CT molecular complexity index is 293. The molecular weight excluding hydrogens is 162 g/mol. The van der Waals surface area contributed by atoms with Gasteiger partial charge in [-0.2, -0.15) is 4.99 Å². The lowest BCUT2D eigenvalue weighted by Gasteiger charge is -2.23. The van der Waals surface area contributed by atoms with Crippen LogP contribution in [-0.2, 0) is 4.79 Å². The van der Waals surface area contributed by atoms with Crippen molar-refractivity contribution in [3.8, 4) is 0 Å². The zero-order valence-electron chi connectivity index (χ0n) is 8.37. The highest BCUT2D eigenvalue weighted by Crippen LogP contribution is 2.27. The summed E-state index contributed by atoms with van der Waals surface area (Å²) in [6, 6.07) is 0. The molecule has 1 aliphatic carbocycles. The number of hydrogen-bond donors (Lipinski definition) is 0. The van der Waals surface area contributed by atoms with Crippen LogP contribution in [0.5, 0.6) is 0 Å². The Morgan fingerprint density at radius 1 is 1.62 bits per heavy atom. The molecule has 70 valence electrons. The SMILES string of the molecule is CC1C=C(C(C)(C)N=C=O)C=CC1. The van der Waals surface area contributed by atoms with Crippen molar-refractivity contribution in [3.05, 3.63) is 23.8 Å². The maximum Gasteiger partial charge on any atom is 0.235 e. The molecule has 2 heteroatoms. The summed E-state index contributed by atoms with van der Waals surface area (Å²) in [5.74, 6) is 0.543. The summed E-state index contributed by atoms with van der Waals surface area (Å²) in [6.45, 7) is 6.00. The van der Waals surface area contributed by atoms with E-state index >= 15 is 0 Å². The van der Waals surface area contributed by atoms with E-state index in [1.807, 2.05) is 19.9 Å². The van der Waals surface area contributed by atoms with E-state index in [0.717, 1.165) is 12.0 Å². The highest BCUT2D eigenvalue weighted by molar-refractivity contribution is 5.41. The Hall–Kier alpha value is -1.14. The molecule has 0 aliphatic heterocycles. The van der Waals surface area contributed by atoms with E-state index in [1.165, 1.54) is 0 Å². The molecule has 0 fully saturated rings. The average molecular weight is 177 g/mol. The molecule has 1 rings (SSSR count). The number of rotatable bonds is 2. The van der Waals surface area contributed by atoms with Gasteiger partial charge in [-0.3, -0.25) is 0 Å². The first-order valence-electron chi connectivity index (χ1n) is 4.54. The van der Waals surface area contributed by atoms with E-state index in [0.29, 0.717) is 5.92 Å². The molecule has 0 heterocycles. The zero-order valence-corrected chi connectivity index (χ0v) is 8.37. The molecule has 0 spiro atoms. The molecule has 0 saturated heterocycles. The third-order valence-electron chi connectivity index (χ3n) is 2.30. The number of carbonyl (C=O) groups excluding carboxylic acids is 1. The van der Waals surface area contributed by atoms with Crippen LogP contribution in [0.2, 0.25) is 0 Å². The molecule has 0 radical (unpaired) electrons. The largest absolute Gasteiger partial charge is 0.235 e. The fraction of sp³-hybridized carbons (Fsp3) is 0.545. The van der Waals surface area contributed by atoms with Crippen LogP contribution in [0, 0.1) is 5.92 Å². The highest BCUT2D eigenvalue weighted by Gasteiger charge is 2.22. The average Bonchev–Trinajstić information content (AvgIpc) is 2.04. The van der Waals surface area contributed by atoms with Crippen molar-refractivity contribution < 1.29 is 4.79 Å². The van der Waals surface area contributed by atoms with E-state index in [4.69, 9.17) is 0 Å². The summed E-state index contributed by atoms with van der Waals surface area (Å²) in [5, 5.41) is 0. The molecule has 1 aliphatic rings. The number of allylic oxidation sites excluding steroid dienone is 2. The minimum atomic E-state index is -0.424. The lowest BCUT2D eigenvalue weighted by atomic mass is 9.87.